The van der Waals surface area contributed by atoms with E-state index in [1.54, 1.807) is 29.3 Å². The second kappa shape index (κ2) is 8.07. The molecule has 7 nitrogen and oxygen atoms in total. The maximum atomic E-state index is 12.3. The predicted molar refractivity (Wildman–Crippen MR) is 95.8 cm³/mol. The fourth-order valence-electron chi connectivity index (χ4n) is 2.66. The van der Waals surface area contributed by atoms with E-state index in [1.807, 2.05) is 0 Å². The first-order chi connectivity index (χ1) is 12.4. The second-order valence-electron chi connectivity index (χ2n) is 5.84. The lowest BCUT2D eigenvalue weighted by Gasteiger charge is -2.31. The summed E-state index contributed by atoms with van der Waals surface area (Å²) in [5.74, 6) is 0.261. The largest absolute Gasteiger partial charge is 0.441 e. The molecule has 1 saturated heterocycles. The molecular formula is C17H17Cl2N3O4. The van der Waals surface area contributed by atoms with Gasteiger partial charge in [0.05, 0.1) is 24.4 Å². The number of aromatic nitrogens is 1. The Morgan fingerprint density at radius 1 is 1.35 bits per heavy atom. The molecule has 1 aromatic heterocycles. The van der Waals surface area contributed by atoms with Gasteiger partial charge in [0, 0.05) is 30.0 Å². The third kappa shape index (κ3) is 4.35. The fraction of sp³-hybridized carbons (Fsp3) is 0.353. The molecule has 2 amide bonds. The lowest BCUT2D eigenvalue weighted by Crippen LogP contribution is -2.50. The summed E-state index contributed by atoms with van der Waals surface area (Å²) in [4.78, 5) is 29.3. The zero-order valence-electron chi connectivity index (χ0n) is 13.8. The first kappa shape index (κ1) is 18.7. The van der Waals surface area contributed by atoms with Crippen LogP contribution in [0.2, 0.25) is 10.0 Å². The molecule has 0 bridgehead atoms. The monoisotopic (exact) mass is 397 g/mol. The number of rotatable bonds is 5. The molecule has 2 N–H and O–H groups in total. The molecule has 3 rings (SSSR count). The Balaban J connectivity index is 1.59. The normalized spacial score (nSPS) is 17.3. The van der Waals surface area contributed by atoms with Crippen molar-refractivity contribution in [1.82, 2.24) is 9.88 Å². The molecule has 1 aliphatic rings. The third-order valence-corrected chi connectivity index (χ3v) is 4.59. The molecule has 138 valence electrons. The Bertz CT molecular complexity index is 824. The van der Waals surface area contributed by atoms with Crippen LogP contribution in [0.5, 0.6) is 0 Å². The first-order valence-corrected chi connectivity index (χ1v) is 8.78. The minimum atomic E-state index is -0.756. The van der Waals surface area contributed by atoms with Crippen molar-refractivity contribution in [3.63, 3.8) is 0 Å². The highest BCUT2D eigenvalue weighted by Gasteiger charge is 2.27. The van der Waals surface area contributed by atoms with Gasteiger partial charge in [0.25, 0.3) is 0 Å². The number of nitrogens with two attached hydrogens (primary N) is 1. The van der Waals surface area contributed by atoms with Crippen LogP contribution < -0.4 is 5.73 Å². The average Bonchev–Trinajstić information content (AvgIpc) is 3.08. The van der Waals surface area contributed by atoms with Crippen molar-refractivity contribution < 1.29 is 18.7 Å². The van der Waals surface area contributed by atoms with Crippen molar-refractivity contribution in [1.29, 1.82) is 0 Å². The van der Waals surface area contributed by atoms with Gasteiger partial charge in [-0.2, -0.15) is 0 Å². The molecule has 0 spiro atoms. The number of halogens is 2. The van der Waals surface area contributed by atoms with E-state index in [1.165, 1.54) is 0 Å². The molecule has 1 fully saturated rings. The van der Waals surface area contributed by atoms with E-state index in [0.29, 0.717) is 40.2 Å². The molecule has 1 unspecified atom stereocenters. The van der Waals surface area contributed by atoms with Crippen LogP contribution in [0.15, 0.2) is 28.8 Å². The van der Waals surface area contributed by atoms with Crippen molar-refractivity contribution in [3.05, 3.63) is 40.3 Å². The molecule has 26 heavy (non-hydrogen) atoms. The molecule has 2 aromatic rings. The van der Waals surface area contributed by atoms with Crippen LogP contribution in [0, 0.1) is 0 Å². The van der Waals surface area contributed by atoms with Gasteiger partial charge in [-0.05, 0) is 18.2 Å². The maximum Gasteiger partial charge on any atom is 0.248 e. The topological polar surface area (TPSA) is 98.7 Å². The summed E-state index contributed by atoms with van der Waals surface area (Å²) >= 11 is 12.0. The van der Waals surface area contributed by atoms with Crippen molar-refractivity contribution in [2.45, 2.75) is 18.9 Å². The van der Waals surface area contributed by atoms with Gasteiger partial charge in [0.2, 0.25) is 11.8 Å². The zero-order valence-corrected chi connectivity index (χ0v) is 15.3. The van der Waals surface area contributed by atoms with Gasteiger partial charge in [-0.15, -0.1) is 0 Å². The van der Waals surface area contributed by atoms with Gasteiger partial charge < -0.3 is 19.8 Å². The summed E-state index contributed by atoms with van der Waals surface area (Å²) in [6.07, 6.45) is 1.35. The highest BCUT2D eigenvalue weighted by Crippen LogP contribution is 2.30. The van der Waals surface area contributed by atoms with Gasteiger partial charge in [-0.25, -0.2) is 4.98 Å². The lowest BCUT2D eigenvalue weighted by atomic mass is 10.2. The number of amides is 2. The van der Waals surface area contributed by atoms with E-state index in [0.717, 1.165) is 0 Å². The molecule has 1 atom stereocenters. The van der Waals surface area contributed by atoms with Gasteiger partial charge >= 0.3 is 0 Å². The third-order valence-electron chi connectivity index (χ3n) is 4.04. The molecule has 9 heteroatoms. The number of morpholine rings is 1. The summed E-state index contributed by atoms with van der Waals surface area (Å²) < 4.78 is 10.9. The van der Waals surface area contributed by atoms with Gasteiger partial charge in [0.15, 0.2) is 17.8 Å². The van der Waals surface area contributed by atoms with Crippen molar-refractivity contribution in [2.75, 3.05) is 19.7 Å². The highest BCUT2D eigenvalue weighted by atomic mass is 35.5. The fourth-order valence-corrected chi connectivity index (χ4v) is 3.16. The molecule has 1 aliphatic heterocycles. The molecule has 0 saturated carbocycles. The van der Waals surface area contributed by atoms with Crippen LogP contribution in [-0.2, 0) is 20.7 Å². The lowest BCUT2D eigenvalue weighted by molar-refractivity contribution is -0.145. The summed E-state index contributed by atoms with van der Waals surface area (Å²) in [5, 5.41) is 0.992. The Labute approximate surface area is 160 Å². The molecule has 2 heterocycles. The van der Waals surface area contributed by atoms with E-state index >= 15 is 0 Å². The number of hydrogen-bond donors (Lipinski definition) is 1. The van der Waals surface area contributed by atoms with E-state index in [4.69, 9.17) is 38.1 Å². The number of carbonyl (C=O) groups is 2. The number of carbonyl (C=O) groups excluding carboxylic acids is 2. The smallest absolute Gasteiger partial charge is 0.248 e. The van der Waals surface area contributed by atoms with E-state index in [-0.39, 0.29) is 25.5 Å². The van der Waals surface area contributed by atoms with Crippen LogP contribution in [0.1, 0.15) is 12.3 Å². The molecular weight excluding hydrogens is 381 g/mol. The number of nitrogens with zero attached hydrogens (tertiary/aromatic N) is 2. The van der Waals surface area contributed by atoms with Crippen LogP contribution in [0.4, 0.5) is 0 Å². The molecule has 1 aromatic carbocycles. The highest BCUT2D eigenvalue weighted by molar-refractivity contribution is 6.36. The number of benzene rings is 1. The van der Waals surface area contributed by atoms with E-state index < -0.39 is 12.0 Å². The van der Waals surface area contributed by atoms with Gasteiger partial charge in [-0.1, -0.05) is 23.2 Å². The Morgan fingerprint density at radius 3 is 2.88 bits per heavy atom. The number of oxazole rings is 1. The molecule has 0 aliphatic carbocycles. The number of primary amides is 1. The van der Waals surface area contributed by atoms with Gasteiger partial charge in [-0.3, -0.25) is 9.59 Å². The summed E-state index contributed by atoms with van der Waals surface area (Å²) in [6, 6.07) is 5.08. The van der Waals surface area contributed by atoms with E-state index in [9.17, 15) is 9.59 Å². The first-order valence-electron chi connectivity index (χ1n) is 8.03. The van der Waals surface area contributed by atoms with Crippen LogP contribution >= 0.6 is 23.2 Å². The Morgan fingerprint density at radius 2 is 2.15 bits per heavy atom. The van der Waals surface area contributed by atoms with Gasteiger partial charge in [0.1, 0.15) is 0 Å². The SMILES string of the molecule is NC(=O)C1CN(C(=O)CCc2ncc(-c3ccc(Cl)cc3Cl)o2)CCO1. The Hall–Kier alpha value is -2.09. The van der Waals surface area contributed by atoms with E-state index in [2.05, 4.69) is 4.98 Å². The quantitative estimate of drug-likeness (QED) is 0.834. The summed E-state index contributed by atoms with van der Waals surface area (Å²) in [5.41, 5.74) is 5.91. The van der Waals surface area contributed by atoms with Crippen molar-refractivity contribution in [2.24, 2.45) is 5.73 Å². The zero-order chi connectivity index (χ0) is 18.7. The summed E-state index contributed by atoms with van der Waals surface area (Å²) in [7, 11) is 0. The second-order valence-corrected chi connectivity index (χ2v) is 6.69. The van der Waals surface area contributed by atoms with Crippen molar-refractivity contribution in [3.8, 4) is 11.3 Å². The Kier molecular flexibility index (Phi) is 5.80. The number of aryl methyl sites for hydroxylation is 1. The average molecular weight is 398 g/mol. The van der Waals surface area contributed by atoms with Crippen LogP contribution in [0.25, 0.3) is 11.3 Å². The predicted octanol–water partition coefficient (Wildman–Crippen LogP) is 2.29. The minimum Gasteiger partial charge on any atom is -0.441 e. The molecule has 0 radical (unpaired) electrons. The van der Waals surface area contributed by atoms with Crippen molar-refractivity contribution >= 4 is 35.0 Å². The maximum absolute atomic E-state index is 12.3. The minimum absolute atomic E-state index is 0.108. The standard InChI is InChI=1S/C17H17Cl2N3O4/c18-10-1-2-11(12(19)7-10)13-8-21-15(26-13)3-4-16(23)22-5-6-25-14(9-22)17(20)24/h1-2,7-8,14H,3-6,9H2,(H2,20,24). The number of ether oxygens (including phenoxy) is 1. The van der Waals surface area contributed by atoms with Crippen LogP contribution in [-0.4, -0.2) is 47.5 Å². The summed E-state index contributed by atoms with van der Waals surface area (Å²) in [6.45, 7) is 0.892. The number of hydrogen-bond acceptors (Lipinski definition) is 5. The van der Waals surface area contributed by atoms with Crippen LogP contribution in [0.3, 0.4) is 0 Å².